The summed E-state index contributed by atoms with van der Waals surface area (Å²) in [7, 11) is 4.00. The molecule has 1 N–H and O–H groups in total. The van der Waals surface area contributed by atoms with Crippen molar-refractivity contribution in [1.29, 1.82) is 0 Å². The predicted octanol–water partition coefficient (Wildman–Crippen LogP) is 2.79. The van der Waals surface area contributed by atoms with Crippen LogP contribution in [0.3, 0.4) is 0 Å². The van der Waals surface area contributed by atoms with Crippen LogP contribution in [0.5, 0.6) is 0 Å². The van der Waals surface area contributed by atoms with Crippen molar-refractivity contribution >= 4 is 23.3 Å². The van der Waals surface area contributed by atoms with E-state index in [0.29, 0.717) is 22.9 Å². The first-order valence-corrected chi connectivity index (χ1v) is 5.95. The second-order valence-corrected chi connectivity index (χ2v) is 4.88. The third-order valence-electron chi connectivity index (χ3n) is 3.07. The highest BCUT2D eigenvalue weighted by molar-refractivity contribution is 7.71. The lowest BCUT2D eigenvalue weighted by molar-refractivity contribution is 0.285. The first-order valence-electron chi connectivity index (χ1n) is 5.54. The Balaban J connectivity index is 2.53. The summed E-state index contributed by atoms with van der Waals surface area (Å²) in [4.78, 5) is 5.12. The van der Waals surface area contributed by atoms with Crippen LogP contribution >= 0.6 is 12.2 Å². The Bertz CT molecular complexity index is 585. The first-order chi connectivity index (χ1) is 8.00. The number of rotatable bonds is 3. The standard InChI is InChI=1S/C12H16FN3S/c1-8(15(2)3)7-16-11-9(13)5-4-6-10(11)14-12(16)17/h4-6,8H,7H2,1-3H3,(H,14,17). The molecule has 0 spiro atoms. The number of aromatic nitrogens is 2. The quantitative estimate of drug-likeness (QED) is 0.850. The summed E-state index contributed by atoms with van der Waals surface area (Å²) < 4.78 is 16.2. The Morgan fingerprint density at radius 2 is 2.18 bits per heavy atom. The molecule has 0 saturated carbocycles. The Labute approximate surface area is 105 Å². The average molecular weight is 253 g/mol. The number of hydrogen-bond donors (Lipinski definition) is 1. The molecule has 92 valence electrons. The summed E-state index contributed by atoms with van der Waals surface area (Å²) in [5.41, 5.74) is 1.31. The highest BCUT2D eigenvalue weighted by atomic mass is 32.1. The molecule has 0 radical (unpaired) electrons. The van der Waals surface area contributed by atoms with E-state index < -0.39 is 0 Å². The number of likely N-dealkylation sites (N-methyl/N-ethyl adjacent to an activating group) is 1. The molecule has 2 rings (SSSR count). The normalized spacial score (nSPS) is 13.5. The second-order valence-electron chi connectivity index (χ2n) is 4.49. The molecule has 1 heterocycles. The molecule has 1 unspecified atom stereocenters. The van der Waals surface area contributed by atoms with Gasteiger partial charge in [-0.15, -0.1) is 0 Å². The predicted molar refractivity (Wildman–Crippen MR) is 70.2 cm³/mol. The minimum absolute atomic E-state index is 0.235. The molecule has 17 heavy (non-hydrogen) atoms. The number of benzene rings is 1. The summed E-state index contributed by atoms with van der Waals surface area (Å²) >= 11 is 5.24. The maximum absolute atomic E-state index is 13.8. The summed E-state index contributed by atoms with van der Waals surface area (Å²) in [5.74, 6) is -0.235. The highest BCUT2D eigenvalue weighted by Gasteiger charge is 2.12. The molecular formula is C12H16FN3S. The molecule has 1 aromatic carbocycles. The largest absolute Gasteiger partial charge is 0.330 e. The summed E-state index contributed by atoms with van der Waals surface area (Å²) in [6, 6.07) is 5.27. The van der Waals surface area contributed by atoms with E-state index in [1.807, 2.05) is 24.7 Å². The molecule has 0 aliphatic rings. The topological polar surface area (TPSA) is 24.0 Å². The van der Waals surface area contributed by atoms with Crippen LogP contribution in [0, 0.1) is 10.6 Å². The zero-order valence-electron chi connectivity index (χ0n) is 10.2. The van der Waals surface area contributed by atoms with E-state index >= 15 is 0 Å². The van der Waals surface area contributed by atoms with Crippen molar-refractivity contribution in [3.63, 3.8) is 0 Å². The van der Waals surface area contributed by atoms with Crippen LogP contribution in [-0.2, 0) is 6.54 Å². The van der Waals surface area contributed by atoms with Crippen LogP contribution in [0.2, 0.25) is 0 Å². The number of nitrogens with zero attached hydrogens (tertiary/aromatic N) is 2. The fraction of sp³-hybridized carbons (Fsp3) is 0.417. The zero-order valence-corrected chi connectivity index (χ0v) is 11.0. The third-order valence-corrected chi connectivity index (χ3v) is 3.39. The van der Waals surface area contributed by atoms with E-state index in [1.165, 1.54) is 6.07 Å². The van der Waals surface area contributed by atoms with E-state index in [0.717, 1.165) is 5.52 Å². The number of hydrogen-bond acceptors (Lipinski definition) is 2. The molecule has 0 bridgehead atoms. The summed E-state index contributed by atoms with van der Waals surface area (Å²) in [6.07, 6.45) is 0. The molecule has 5 heteroatoms. The van der Waals surface area contributed by atoms with E-state index in [-0.39, 0.29) is 5.82 Å². The van der Waals surface area contributed by atoms with Crippen molar-refractivity contribution in [2.24, 2.45) is 0 Å². The fourth-order valence-corrected chi connectivity index (χ4v) is 2.05. The van der Waals surface area contributed by atoms with Gasteiger partial charge in [0.1, 0.15) is 11.3 Å². The SMILES string of the molecule is CC(Cn1c(=S)[nH]c2cccc(F)c21)N(C)C. The fourth-order valence-electron chi connectivity index (χ4n) is 1.78. The number of para-hydroxylation sites is 1. The van der Waals surface area contributed by atoms with E-state index in [9.17, 15) is 4.39 Å². The highest BCUT2D eigenvalue weighted by Crippen LogP contribution is 2.18. The van der Waals surface area contributed by atoms with Gasteiger partial charge in [-0.05, 0) is 45.4 Å². The van der Waals surface area contributed by atoms with Crippen molar-refractivity contribution < 1.29 is 4.39 Å². The van der Waals surface area contributed by atoms with Crippen LogP contribution in [0.15, 0.2) is 18.2 Å². The van der Waals surface area contributed by atoms with Gasteiger partial charge >= 0.3 is 0 Å². The number of fused-ring (bicyclic) bond motifs is 1. The molecule has 1 atom stereocenters. The summed E-state index contributed by atoms with van der Waals surface area (Å²) in [6.45, 7) is 2.76. The molecule has 0 aliphatic carbocycles. The molecule has 3 nitrogen and oxygen atoms in total. The van der Waals surface area contributed by atoms with Gasteiger partial charge in [0, 0.05) is 12.6 Å². The van der Waals surface area contributed by atoms with Gasteiger partial charge in [-0.25, -0.2) is 4.39 Å². The number of aromatic amines is 1. The van der Waals surface area contributed by atoms with Gasteiger partial charge in [0.25, 0.3) is 0 Å². The third kappa shape index (κ3) is 2.25. The number of nitrogens with one attached hydrogen (secondary N) is 1. The van der Waals surface area contributed by atoms with E-state index in [1.54, 1.807) is 6.07 Å². The van der Waals surface area contributed by atoms with Crippen molar-refractivity contribution in [2.75, 3.05) is 14.1 Å². The maximum Gasteiger partial charge on any atom is 0.178 e. The lowest BCUT2D eigenvalue weighted by atomic mass is 10.2. The average Bonchev–Trinajstić information content (AvgIpc) is 2.56. The van der Waals surface area contributed by atoms with Gasteiger partial charge in [-0.3, -0.25) is 0 Å². The van der Waals surface area contributed by atoms with Gasteiger partial charge in [-0.2, -0.15) is 0 Å². The lowest BCUT2D eigenvalue weighted by Crippen LogP contribution is -2.29. The van der Waals surface area contributed by atoms with Gasteiger partial charge < -0.3 is 14.5 Å². The first kappa shape index (κ1) is 12.3. The number of imidazole rings is 1. The van der Waals surface area contributed by atoms with Crippen LogP contribution in [0.1, 0.15) is 6.92 Å². The zero-order chi connectivity index (χ0) is 12.6. The molecular weight excluding hydrogens is 237 g/mol. The Morgan fingerprint density at radius 3 is 2.82 bits per heavy atom. The molecule has 2 aromatic rings. The monoisotopic (exact) mass is 253 g/mol. The van der Waals surface area contributed by atoms with Crippen molar-refractivity contribution in [3.8, 4) is 0 Å². The molecule has 0 amide bonds. The van der Waals surface area contributed by atoms with Crippen molar-refractivity contribution in [2.45, 2.75) is 19.5 Å². The van der Waals surface area contributed by atoms with Crippen molar-refractivity contribution in [1.82, 2.24) is 14.5 Å². The molecule has 0 aliphatic heterocycles. The molecule has 0 fully saturated rings. The molecule has 1 aromatic heterocycles. The lowest BCUT2D eigenvalue weighted by Gasteiger charge is -2.20. The van der Waals surface area contributed by atoms with E-state index in [4.69, 9.17) is 12.2 Å². The molecule has 0 saturated heterocycles. The van der Waals surface area contributed by atoms with Gasteiger partial charge in [-0.1, -0.05) is 6.07 Å². The van der Waals surface area contributed by atoms with Gasteiger partial charge in [0.2, 0.25) is 0 Å². The minimum atomic E-state index is -0.235. The van der Waals surface area contributed by atoms with E-state index in [2.05, 4.69) is 16.8 Å². The second kappa shape index (κ2) is 4.58. The smallest absolute Gasteiger partial charge is 0.178 e. The van der Waals surface area contributed by atoms with Gasteiger partial charge in [0.05, 0.1) is 5.52 Å². The van der Waals surface area contributed by atoms with Gasteiger partial charge in [0.15, 0.2) is 4.77 Å². The maximum atomic E-state index is 13.8. The Kier molecular flexibility index (Phi) is 3.31. The minimum Gasteiger partial charge on any atom is -0.330 e. The van der Waals surface area contributed by atoms with Crippen LogP contribution in [-0.4, -0.2) is 34.6 Å². The van der Waals surface area contributed by atoms with Crippen LogP contribution in [0.4, 0.5) is 4.39 Å². The van der Waals surface area contributed by atoms with Crippen LogP contribution < -0.4 is 0 Å². The summed E-state index contributed by atoms with van der Waals surface area (Å²) in [5, 5.41) is 0. The van der Waals surface area contributed by atoms with Crippen molar-refractivity contribution in [3.05, 3.63) is 28.8 Å². The number of H-pyrrole nitrogens is 1. The number of halogens is 1. The Hall–Kier alpha value is -1.20. The Morgan fingerprint density at radius 1 is 1.47 bits per heavy atom. The van der Waals surface area contributed by atoms with Crippen LogP contribution in [0.25, 0.3) is 11.0 Å².